The van der Waals surface area contributed by atoms with Gasteiger partial charge in [0.05, 0.1) is 12.6 Å². The molecule has 43 heavy (non-hydrogen) atoms. The van der Waals surface area contributed by atoms with E-state index in [9.17, 15) is 18.0 Å². The molecule has 1 unspecified atom stereocenters. The summed E-state index contributed by atoms with van der Waals surface area (Å²) in [6.07, 6.45) is 6.30. The molecule has 2 saturated heterocycles. The van der Waals surface area contributed by atoms with Crippen LogP contribution in [0.25, 0.3) is 5.65 Å². The van der Waals surface area contributed by atoms with Crippen molar-refractivity contribution in [2.75, 3.05) is 32.0 Å². The van der Waals surface area contributed by atoms with E-state index in [1.165, 1.54) is 24.9 Å². The van der Waals surface area contributed by atoms with Crippen LogP contribution >= 0.6 is 11.3 Å². The number of imidazole rings is 1. The first-order valence-electron chi connectivity index (χ1n) is 13.4. The van der Waals surface area contributed by atoms with Gasteiger partial charge in [0.2, 0.25) is 0 Å². The Morgan fingerprint density at radius 1 is 1.35 bits per heavy atom. The number of fused-ring (bicyclic) bond motifs is 1. The van der Waals surface area contributed by atoms with E-state index in [0.717, 1.165) is 42.9 Å². The molecule has 2 atom stereocenters. The van der Waals surface area contributed by atoms with Gasteiger partial charge in [-0.3, -0.25) is 14.1 Å². The summed E-state index contributed by atoms with van der Waals surface area (Å²) in [6, 6.07) is 2.66. The number of carbonyl (C=O) groups excluding carboxylic acids is 2. The maximum atomic E-state index is 13.1. The topological polar surface area (TPSA) is 204 Å². The minimum absolute atomic E-state index is 0.0171. The Labute approximate surface area is 251 Å². The van der Waals surface area contributed by atoms with Crippen molar-refractivity contribution in [1.29, 1.82) is 0 Å². The standard InChI is InChI=1S/C25H32N8O8S2/c1-25(2)21(23(35)33(25)41-43(36,37)38)29-22(34)20(17-14-42-24(26)28-17)30-40-10-9-39-16-6-7-19-31(3)18(13-32(19)12-16)15-5-4-8-27-11-15/h6-7,12-15,21,27H,4-5,8-11H2,1-3H3,(H3-,26,28,29,34,36,37,38)/p+1/b30-20-/t15?,21-/m1/s1. The molecule has 0 aromatic carbocycles. The van der Waals surface area contributed by atoms with Gasteiger partial charge in [-0.2, -0.15) is 17.9 Å². The number of thiazole rings is 1. The fourth-order valence-electron chi connectivity index (χ4n) is 5.13. The van der Waals surface area contributed by atoms with E-state index in [0.29, 0.717) is 16.7 Å². The maximum Gasteiger partial charge on any atom is 0.418 e. The molecule has 5 N–H and O–H groups in total. The van der Waals surface area contributed by atoms with Crippen molar-refractivity contribution in [2.45, 2.75) is 44.2 Å². The van der Waals surface area contributed by atoms with Crippen LogP contribution in [0.1, 0.15) is 44.0 Å². The van der Waals surface area contributed by atoms with Crippen LogP contribution in [0.15, 0.2) is 35.1 Å². The van der Waals surface area contributed by atoms with E-state index in [-0.39, 0.29) is 29.8 Å². The van der Waals surface area contributed by atoms with E-state index < -0.39 is 33.8 Å². The molecule has 3 aromatic rings. The van der Waals surface area contributed by atoms with E-state index in [4.69, 9.17) is 19.9 Å². The quantitative estimate of drug-likeness (QED) is 0.0546. The summed E-state index contributed by atoms with van der Waals surface area (Å²) in [5.41, 5.74) is 6.57. The Kier molecular flexibility index (Phi) is 8.57. The predicted octanol–water partition coefficient (Wildman–Crippen LogP) is -0.0908. The number of ether oxygens (including phenoxy) is 1. The SMILES string of the molecule is Cn1c(C2CCCNC2)c[n+]2cc(OCCO/N=C(\C(=O)N[C@@H]3C(=O)N(OS(=O)(=O)O)C3(C)C)c3csc(N)n3)ccc12. The number of nitrogens with two attached hydrogens (primary N) is 1. The lowest BCUT2D eigenvalue weighted by Crippen LogP contribution is -2.76. The number of β-lactam (4-membered cyclic amide) rings is 1. The number of nitrogens with zero attached hydrogens (tertiary/aromatic N) is 5. The third-order valence-electron chi connectivity index (χ3n) is 7.34. The molecule has 0 spiro atoms. The van der Waals surface area contributed by atoms with E-state index in [1.54, 1.807) is 0 Å². The van der Waals surface area contributed by atoms with Crippen molar-refractivity contribution in [1.82, 2.24) is 25.2 Å². The van der Waals surface area contributed by atoms with Crippen molar-refractivity contribution >= 4 is 50.0 Å². The fourth-order valence-corrected chi connectivity index (χ4v) is 6.14. The lowest BCUT2D eigenvalue weighted by molar-refractivity contribution is -0.511. The van der Waals surface area contributed by atoms with Crippen molar-refractivity contribution in [3.63, 3.8) is 0 Å². The number of piperidine rings is 1. The smallest absolute Gasteiger partial charge is 0.418 e. The zero-order valence-electron chi connectivity index (χ0n) is 23.7. The molecular formula is C25H33N8O8S2+. The van der Waals surface area contributed by atoms with Gasteiger partial charge in [0.1, 0.15) is 36.4 Å². The first kappa shape index (κ1) is 30.6. The number of hydrogen-bond acceptors (Lipinski definition) is 12. The summed E-state index contributed by atoms with van der Waals surface area (Å²) in [6.45, 7) is 4.98. The molecule has 2 aliphatic rings. The van der Waals surface area contributed by atoms with Crippen LogP contribution < -0.4 is 25.5 Å². The number of amides is 2. The Morgan fingerprint density at radius 2 is 2.14 bits per heavy atom. The second kappa shape index (κ2) is 12.0. The molecule has 232 valence electrons. The molecule has 16 nitrogen and oxygen atoms in total. The largest absolute Gasteiger partial charge is 0.486 e. The molecule has 0 aliphatic carbocycles. The number of nitrogen functional groups attached to an aromatic ring is 1. The van der Waals surface area contributed by atoms with E-state index in [2.05, 4.69) is 42.9 Å². The van der Waals surface area contributed by atoms with E-state index >= 15 is 0 Å². The molecule has 0 saturated carbocycles. The molecule has 2 fully saturated rings. The first-order chi connectivity index (χ1) is 20.3. The number of hydrogen-bond donors (Lipinski definition) is 4. The van der Waals surface area contributed by atoms with Crippen LogP contribution in [0.3, 0.4) is 0 Å². The highest BCUT2D eigenvalue weighted by molar-refractivity contribution is 7.80. The number of nitrogens with one attached hydrogen (secondary N) is 2. The molecule has 18 heteroatoms. The second-order valence-corrected chi connectivity index (χ2v) is 12.6. The maximum absolute atomic E-state index is 13.1. The third kappa shape index (κ3) is 6.57. The van der Waals surface area contributed by atoms with Gasteiger partial charge in [-0.05, 0) is 39.3 Å². The Morgan fingerprint density at radius 3 is 2.79 bits per heavy atom. The van der Waals surface area contributed by atoms with Gasteiger partial charge in [-0.1, -0.05) is 5.16 Å². The summed E-state index contributed by atoms with van der Waals surface area (Å²) in [7, 11) is -2.89. The van der Waals surface area contributed by atoms with Gasteiger partial charge in [-0.25, -0.2) is 9.55 Å². The number of aryl methyl sites for hydroxylation is 1. The lowest BCUT2D eigenvalue weighted by Gasteiger charge is -2.50. The fraction of sp³-hybridized carbons (Fsp3) is 0.480. The highest BCUT2D eigenvalue weighted by Crippen LogP contribution is 2.33. The highest BCUT2D eigenvalue weighted by Gasteiger charge is 2.58. The Hall–Kier alpha value is -3.84. The van der Waals surface area contributed by atoms with Crippen LogP contribution in [0, 0.1) is 0 Å². The van der Waals surface area contributed by atoms with Crippen molar-refractivity contribution in [3.05, 3.63) is 41.3 Å². The number of carbonyl (C=O) groups is 2. The second-order valence-electron chi connectivity index (χ2n) is 10.7. The van der Waals surface area contributed by atoms with Crippen LogP contribution in [-0.2, 0) is 36.2 Å². The summed E-state index contributed by atoms with van der Waals surface area (Å²) >= 11 is 1.08. The van der Waals surface area contributed by atoms with E-state index in [1.807, 2.05) is 22.7 Å². The average molecular weight is 638 g/mol. The predicted molar refractivity (Wildman–Crippen MR) is 153 cm³/mol. The summed E-state index contributed by atoms with van der Waals surface area (Å²) in [5.74, 6) is -0.639. The number of hydroxylamine groups is 2. The van der Waals surface area contributed by atoms with Crippen LogP contribution in [0.5, 0.6) is 5.75 Å². The van der Waals surface area contributed by atoms with Crippen molar-refractivity contribution in [3.8, 4) is 5.75 Å². The zero-order chi connectivity index (χ0) is 30.9. The number of anilines is 1. The Balaban J connectivity index is 1.21. The molecule has 2 aliphatic heterocycles. The highest BCUT2D eigenvalue weighted by atomic mass is 32.3. The Bertz CT molecular complexity index is 1660. The van der Waals surface area contributed by atoms with Gasteiger partial charge in [-0.15, -0.1) is 15.6 Å². The van der Waals surface area contributed by atoms with Gasteiger partial charge in [0.25, 0.3) is 17.5 Å². The van der Waals surface area contributed by atoms with Gasteiger partial charge in [0.15, 0.2) is 23.2 Å². The van der Waals surface area contributed by atoms with Crippen LogP contribution in [-0.4, -0.2) is 83.0 Å². The van der Waals surface area contributed by atoms with Gasteiger partial charge in [0, 0.05) is 23.9 Å². The normalized spacial score (nSPS) is 20.6. The van der Waals surface area contributed by atoms with Crippen molar-refractivity contribution < 1.29 is 40.8 Å². The summed E-state index contributed by atoms with van der Waals surface area (Å²) in [4.78, 5) is 35.0. The van der Waals surface area contributed by atoms with Gasteiger partial charge < -0.3 is 25.9 Å². The number of aromatic nitrogens is 3. The zero-order valence-corrected chi connectivity index (χ0v) is 25.4. The molecule has 5 rings (SSSR count). The molecular weight excluding hydrogens is 604 g/mol. The number of rotatable bonds is 11. The molecule has 3 aromatic heterocycles. The molecule has 0 radical (unpaired) electrons. The summed E-state index contributed by atoms with van der Waals surface area (Å²) in [5, 5.41) is 12.0. The molecule has 2 amide bonds. The minimum Gasteiger partial charge on any atom is -0.486 e. The number of oxime groups is 1. The lowest BCUT2D eigenvalue weighted by atomic mass is 9.84. The monoisotopic (exact) mass is 637 g/mol. The summed E-state index contributed by atoms with van der Waals surface area (Å²) < 4.78 is 45.4. The average Bonchev–Trinajstić information content (AvgIpc) is 3.54. The number of pyridine rings is 1. The first-order valence-corrected chi connectivity index (χ1v) is 15.7. The van der Waals surface area contributed by atoms with Crippen LogP contribution in [0.2, 0.25) is 0 Å². The van der Waals surface area contributed by atoms with Crippen LogP contribution in [0.4, 0.5) is 5.13 Å². The molecule has 5 heterocycles. The van der Waals surface area contributed by atoms with Crippen molar-refractivity contribution in [2.24, 2.45) is 12.2 Å². The minimum atomic E-state index is -4.94. The molecule has 0 bridgehead atoms. The third-order valence-corrected chi connectivity index (χ3v) is 8.36. The van der Waals surface area contributed by atoms with Gasteiger partial charge >= 0.3 is 10.4 Å².